The van der Waals surface area contributed by atoms with E-state index in [1.807, 2.05) is 0 Å². The lowest BCUT2D eigenvalue weighted by atomic mass is 10.1. The minimum Gasteiger partial charge on any atom is -0.314 e. The van der Waals surface area contributed by atoms with E-state index in [0.29, 0.717) is 18.0 Å². The molecule has 1 saturated heterocycles. The Morgan fingerprint density at radius 2 is 2.16 bits per heavy atom. The normalized spacial score (nSPS) is 19.3. The largest absolute Gasteiger partial charge is 0.314 e. The lowest BCUT2D eigenvalue weighted by Gasteiger charge is -2.19. The Morgan fingerprint density at radius 1 is 1.32 bits per heavy atom. The Labute approximate surface area is 113 Å². The Balaban J connectivity index is 1.71. The highest BCUT2D eigenvalue weighted by atomic mass is 19.1. The fourth-order valence-corrected chi connectivity index (χ4v) is 2.53. The molecule has 0 saturated carbocycles. The van der Waals surface area contributed by atoms with Crippen LogP contribution in [0.3, 0.4) is 0 Å². The highest BCUT2D eigenvalue weighted by molar-refractivity contribution is 5.18. The van der Waals surface area contributed by atoms with Crippen LogP contribution in [0.25, 0.3) is 0 Å². The van der Waals surface area contributed by atoms with E-state index in [0.717, 1.165) is 32.1 Å². The van der Waals surface area contributed by atoms with Crippen molar-refractivity contribution in [2.75, 3.05) is 26.7 Å². The summed E-state index contributed by atoms with van der Waals surface area (Å²) in [4.78, 5) is 2.21. The molecule has 0 bridgehead atoms. The molecule has 1 aliphatic rings. The summed E-state index contributed by atoms with van der Waals surface area (Å²) in [5.74, 6) is -0.951. The van der Waals surface area contributed by atoms with Gasteiger partial charge in [-0.05, 0) is 57.5 Å². The average molecular weight is 268 g/mol. The SMILES string of the molecule is CN(CCc1ccc(F)cc1F)CCC1CCCN1. The first kappa shape index (κ1) is 14.4. The molecule has 106 valence electrons. The second-order valence-electron chi connectivity index (χ2n) is 5.37. The monoisotopic (exact) mass is 268 g/mol. The third kappa shape index (κ3) is 4.55. The molecule has 0 aliphatic carbocycles. The highest BCUT2D eigenvalue weighted by Gasteiger charge is 2.14. The van der Waals surface area contributed by atoms with Crippen LogP contribution in [0.15, 0.2) is 18.2 Å². The number of rotatable bonds is 6. The first-order valence-electron chi connectivity index (χ1n) is 7.01. The van der Waals surface area contributed by atoms with Crippen molar-refractivity contribution < 1.29 is 8.78 Å². The molecule has 1 unspecified atom stereocenters. The summed E-state index contributed by atoms with van der Waals surface area (Å²) in [6.07, 6.45) is 4.30. The van der Waals surface area contributed by atoms with E-state index >= 15 is 0 Å². The Morgan fingerprint density at radius 3 is 2.84 bits per heavy atom. The van der Waals surface area contributed by atoms with Crippen molar-refractivity contribution in [3.63, 3.8) is 0 Å². The van der Waals surface area contributed by atoms with Crippen LogP contribution in [-0.2, 0) is 6.42 Å². The van der Waals surface area contributed by atoms with Gasteiger partial charge in [-0.15, -0.1) is 0 Å². The number of benzene rings is 1. The van der Waals surface area contributed by atoms with Gasteiger partial charge in [0.25, 0.3) is 0 Å². The number of likely N-dealkylation sites (N-methyl/N-ethyl adjacent to an activating group) is 1. The van der Waals surface area contributed by atoms with Gasteiger partial charge < -0.3 is 10.2 Å². The van der Waals surface area contributed by atoms with Crippen LogP contribution in [0.2, 0.25) is 0 Å². The Hall–Kier alpha value is -1.00. The molecule has 1 fully saturated rings. The maximum atomic E-state index is 13.5. The number of nitrogens with one attached hydrogen (secondary N) is 1. The first-order valence-corrected chi connectivity index (χ1v) is 7.01. The van der Waals surface area contributed by atoms with E-state index in [1.165, 1.54) is 25.0 Å². The molecule has 0 spiro atoms. The van der Waals surface area contributed by atoms with Crippen molar-refractivity contribution in [2.45, 2.75) is 31.7 Å². The van der Waals surface area contributed by atoms with E-state index in [-0.39, 0.29) is 0 Å². The minimum atomic E-state index is -0.512. The molecule has 0 aromatic heterocycles. The van der Waals surface area contributed by atoms with Gasteiger partial charge in [0.1, 0.15) is 11.6 Å². The summed E-state index contributed by atoms with van der Waals surface area (Å²) < 4.78 is 26.2. The highest BCUT2D eigenvalue weighted by Crippen LogP contribution is 2.12. The Kier molecular flexibility index (Phi) is 5.28. The van der Waals surface area contributed by atoms with Crippen LogP contribution < -0.4 is 5.32 Å². The average Bonchev–Trinajstić information content (AvgIpc) is 2.88. The van der Waals surface area contributed by atoms with Crippen molar-refractivity contribution in [1.29, 1.82) is 0 Å². The second kappa shape index (κ2) is 6.96. The molecule has 1 aromatic carbocycles. The van der Waals surface area contributed by atoms with E-state index in [4.69, 9.17) is 0 Å². The molecule has 2 nitrogen and oxygen atoms in total. The van der Waals surface area contributed by atoms with Crippen molar-refractivity contribution in [3.05, 3.63) is 35.4 Å². The summed E-state index contributed by atoms with van der Waals surface area (Å²) in [5.41, 5.74) is 0.590. The maximum absolute atomic E-state index is 13.5. The van der Waals surface area contributed by atoms with Gasteiger partial charge in [0.2, 0.25) is 0 Å². The molecule has 4 heteroatoms. The molecule has 0 radical (unpaired) electrons. The van der Waals surface area contributed by atoms with Crippen molar-refractivity contribution in [1.82, 2.24) is 10.2 Å². The number of halogens is 2. The van der Waals surface area contributed by atoms with Gasteiger partial charge in [-0.1, -0.05) is 6.07 Å². The van der Waals surface area contributed by atoms with Crippen LogP contribution in [0.4, 0.5) is 8.78 Å². The first-order chi connectivity index (χ1) is 9.15. The summed E-state index contributed by atoms with van der Waals surface area (Å²) in [7, 11) is 2.05. The summed E-state index contributed by atoms with van der Waals surface area (Å²) >= 11 is 0. The molecule has 2 rings (SSSR count). The summed E-state index contributed by atoms with van der Waals surface area (Å²) in [6, 6.07) is 4.46. The van der Waals surface area contributed by atoms with Gasteiger partial charge in [0, 0.05) is 18.7 Å². The maximum Gasteiger partial charge on any atom is 0.129 e. The third-order valence-corrected chi connectivity index (χ3v) is 3.80. The molecular weight excluding hydrogens is 246 g/mol. The van der Waals surface area contributed by atoms with Gasteiger partial charge in [-0.3, -0.25) is 0 Å². The topological polar surface area (TPSA) is 15.3 Å². The van der Waals surface area contributed by atoms with Gasteiger partial charge >= 0.3 is 0 Å². The van der Waals surface area contributed by atoms with Crippen molar-refractivity contribution >= 4 is 0 Å². The zero-order valence-electron chi connectivity index (χ0n) is 11.5. The predicted octanol–water partition coefficient (Wildman–Crippen LogP) is 2.58. The zero-order chi connectivity index (χ0) is 13.7. The minimum absolute atomic E-state index is 0.439. The van der Waals surface area contributed by atoms with Crippen LogP contribution >= 0.6 is 0 Å². The number of hydrogen-bond acceptors (Lipinski definition) is 2. The fraction of sp³-hybridized carbons (Fsp3) is 0.600. The fourth-order valence-electron chi connectivity index (χ4n) is 2.53. The third-order valence-electron chi connectivity index (χ3n) is 3.80. The quantitative estimate of drug-likeness (QED) is 0.853. The molecule has 19 heavy (non-hydrogen) atoms. The predicted molar refractivity (Wildman–Crippen MR) is 73.2 cm³/mol. The molecule has 1 aromatic rings. The van der Waals surface area contributed by atoms with Crippen LogP contribution in [0, 0.1) is 11.6 Å². The van der Waals surface area contributed by atoms with E-state index < -0.39 is 11.6 Å². The molecule has 1 aliphatic heterocycles. The molecule has 1 atom stereocenters. The molecule has 1 N–H and O–H groups in total. The van der Waals surface area contributed by atoms with E-state index in [9.17, 15) is 8.78 Å². The summed E-state index contributed by atoms with van der Waals surface area (Å²) in [6.45, 7) is 2.95. The van der Waals surface area contributed by atoms with Gasteiger partial charge in [0.05, 0.1) is 0 Å². The number of hydrogen-bond donors (Lipinski definition) is 1. The lowest BCUT2D eigenvalue weighted by molar-refractivity contribution is 0.315. The van der Waals surface area contributed by atoms with Crippen molar-refractivity contribution in [3.8, 4) is 0 Å². The van der Waals surface area contributed by atoms with Crippen LogP contribution in [0.1, 0.15) is 24.8 Å². The second-order valence-corrected chi connectivity index (χ2v) is 5.37. The van der Waals surface area contributed by atoms with Gasteiger partial charge in [-0.2, -0.15) is 0 Å². The standard InChI is InChI=1S/C15H22F2N2/c1-19(10-7-14-3-2-8-18-14)9-6-12-4-5-13(16)11-15(12)17/h4-5,11,14,18H,2-3,6-10H2,1H3. The number of nitrogens with zero attached hydrogens (tertiary/aromatic N) is 1. The van der Waals surface area contributed by atoms with Gasteiger partial charge in [-0.25, -0.2) is 8.78 Å². The molecular formula is C15H22F2N2. The van der Waals surface area contributed by atoms with Crippen molar-refractivity contribution in [2.24, 2.45) is 0 Å². The molecule has 1 heterocycles. The van der Waals surface area contributed by atoms with E-state index in [1.54, 1.807) is 0 Å². The molecule has 0 amide bonds. The summed E-state index contributed by atoms with van der Waals surface area (Å²) in [5, 5.41) is 3.47. The smallest absolute Gasteiger partial charge is 0.129 e. The lowest BCUT2D eigenvalue weighted by Crippen LogP contribution is -2.29. The zero-order valence-corrected chi connectivity index (χ0v) is 11.5. The Bertz CT molecular complexity index is 403. The van der Waals surface area contributed by atoms with Crippen LogP contribution in [-0.4, -0.2) is 37.6 Å². The van der Waals surface area contributed by atoms with Crippen LogP contribution in [0.5, 0.6) is 0 Å². The van der Waals surface area contributed by atoms with E-state index in [2.05, 4.69) is 17.3 Å². The van der Waals surface area contributed by atoms with Gasteiger partial charge in [0.15, 0.2) is 0 Å².